The number of hydrogen-bond donors (Lipinski definition) is 3. The van der Waals surface area contributed by atoms with Crippen LogP contribution in [0.25, 0.3) is 10.2 Å². The van der Waals surface area contributed by atoms with Gasteiger partial charge in [-0.25, -0.2) is 23.1 Å². The van der Waals surface area contributed by atoms with E-state index in [-0.39, 0.29) is 18.2 Å². The maximum Gasteiger partial charge on any atom is 0.261 e. The highest BCUT2D eigenvalue weighted by Gasteiger charge is 2.22. The van der Waals surface area contributed by atoms with Gasteiger partial charge in [-0.05, 0) is 62.2 Å². The third-order valence-electron chi connectivity index (χ3n) is 6.12. The first-order valence-corrected chi connectivity index (χ1v) is 12.6. The van der Waals surface area contributed by atoms with Crippen LogP contribution in [0.2, 0.25) is 0 Å². The number of carbonyl (C=O) groups is 1. The predicted octanol–water partition coefficient (Wildman–Crippen LogP) is 5.22. The summed E-state index contributed by atoms with van der Waals surface area (Å²) in [6, 6.07) is 7.34. The molecule has 4 aromatic rings. The van der Waals surface area contributed by atoms with E-state index in [4.69, 9.17) is 4.74 Å². The van der Waals surface area contributed by atoms with Gasteiger partial charge in [-0.2, -0.15) is 0 Å². The largest absolute Gasteiger partial charge is 0.487 e. The Morgan fingerprint density at radius 1 is 1.16 bits per heavy atom. The molecule has 192 valence electrons. The fraction of sp³-hybridized carbons (Fsp3) is 0.269. The number of halogens is 3. The lowest BCUT2D eigenvalue weighted by molar-refractivity contribution is 0.0954. The van der Waals surface area contributed by atoms with Gasteiger partial charge in [-0.15, -0.1) is 11.3 Å². The van der Waals surface area contributed by atoms with Crippen LogP contribution in [0.15, 0.2) is 42.7 Å². The fourth-order valence-corrected chi connectivity index (χ4v) is 5.31. The van der Waals surface area contributed by atoms with Gasteiger partial charge < -0.3 is 20.7 Å². The van der Waals surface area contributed by atoms with Gasteiger partial charge in [0.15, 0.2) is 0 Å². The Kier molecular flexibility index (Phi) is 7.24. The topological polar surface area (TPSA) is 88.2 Å². The second-order valence-corrected chi connectivity index (χ2v) is 9.73. The van der Waals surface area contributed by atoms with E-state index in [1.54, 1.807) is 13.0 Å². The van der Waals surface area contributed by atoms with Crippen molar-refractivity contribution in [3.63, 3.8) is 0 Å². The van der Waals surface area contributed by atoms with Crippen LogP contribution < -0.4 is 20.7 Å². The molecule has 0 aliphatic carbocycles. The lowest BCUT2D eigenvalue weighted by atomic mass is 10.1. The molecule has 37 heavy (non-hydrogen) atoms. The Labute approximate surface area is 215 Å². The standard InChI is InChI=1S/C26H24F3N5O2S/c1-14-22-24(34-20-7-5-17(28)10-21(20)36-18-3-2-8-30-12-18)32-13-33-26(22)37-23(14)25(35)31-11-15-9-16(27)4-6-19(15)29/h4-7,9-10,13,18,30H,2-3,8,11-12H2,1H3,(H,31,35)(H,32,33,34). The molecule has 0 saturated carbocycles. The van der Waals surface area contributed by atoms with Crippen molar-refractivity contribution in [2.75, 3.05) is 18.4 Å². The number of ether oxygens (including phenoxy) is 1. The Bertz CT molecular complexity index is 1460. The van der Waals surface area contributed by atoms with Gasteiger partial charge in [0.25, 0.3) is 5.91 Å². The van der Waals surface area contributed by atoms with Crippen LogP contribution in [0.1, 0.15) is 33.6 Å². The van der Waals surface area contributed by atoms with E-state index in [9.17, 15) is 18.0 Å². The summed E-state index contributed by atoms with van der Waals surface area (Å²) >= 11 is 1.16. The van der Waals surface area contributed by atoms with Crippen LogP contribution in [-0.2, 0) is 6.54 Å². The van der Waals surface area contributed by atoms with E-state index in [2.05, 4.69) is 25.9 Å². The molecule has 0 radical (unpaired) electrons. The van der Waals surface area contributed by atoms with Crippen molar-refractivity contribution in [3.8, 4) is 5.75 Å². The number of fused-ring (bicyclic) bond motifs is 1. The van der Waals surface area contributed by atoms with E-state index < -0.39 is 23.4 Å². The summed E-state index contributed by atoms with van der Waals surface area (Å²) in [6.07, 6.45) is 3.13. The van der Waals surface area contributed by atoms with Gasteiger partial charge in [-0.3, -0.25) is 4.79 Å². The molecule has 1 saturated heterocycles. The lowest BCUT2D eigenvalue weighted by Crippen LogP contribution is -2.37. The number of amides is 1. The molecule has 2 aromatic carbocycles. The van der Waals surface area contributed by atoms with Gasteiger partial charge in [0.05, 0.1) is 16.0 Å². The molecule has 1 unspecified atom stereocenters. The third kappa shape index (κ3) is 5.52. The number of nitrogens with zero attached hydrogens (tertiary/aromatic N) is 2. The van der Waals surface area contributed by atoms with E-state index in [0.29, 0.717) is 44.5 Å². The Balaban J connectivity index is 1.40. The molecule has 1 amide bonds. The third-order valence-corrected chi connectivity index (χ3v) is 7.32. The van der Waals surface area contributed by atoms with Crippen LogP contribution in [0, 0.1) is 24.4 Å². The summed E-state index contributed by atoms with van der Waals surface area (Å²) in [5.74, 6) is -1.24. The minimum atomic E-state index is -0.603. The minimum absolute atomic E-state index is 0.0475. The van der Waals surface area contributed by atoms with Crippen LogP contribution in [0.5, 0.6) is 5.75 Å². The average Bonchev–Trinajstić information content (AvgIpc) is 3.24. The van der Waals surface area contributed by atoms with Gasteiger partial charge in [0.2, 0.25) is 0 Å². The van der Waals surface area contributed by atoms with Crippen molar-refractivity contribution >= 4 is 39.0 Å². The molecule has 3 N–H and O–H groups in total. The van der Waals surface area contributed by atoms with Crippen molar-refractivity contribution in [2.45, 2.75) is 32.4 Å². The van der Waals surface area contributed by atoms with Crippen molar-refractivity contribution in [3.05, 3.63) is 76.2 Å². The number of rotatable bonds is 7. The van der Waals surface area contributed by atoms with Gasteiger partial charge in [0, 0.05) is 24.7 Å². The predicted molar refractivity (Wildman–Crippen MR) is 136 cm³/mol. The number of thiophene rings is 1. The molecule has 5 rings (SSSR count). The molecule has 1 atom stereocenters. The highest BCUT2D eigenvalue weighted by atomic mass is 32.1. The number of nitrogens with one attached hydrogen (secondary N) is 3. The number of aryl methyl sites for hydroxylation is 1. The van der Waals surface area contributed by atoms with Crippen LogP contribution in [0.4, 0.5) is 24.7 Å². The quantitative estimate of drug-likeness (QED) is 0.305. The Morgan fingerprint density at radius 3 is 2.78 bits per heavy atom. The molecule has 1 fully saturated rings. The van der Waals surface area contributed by atoms with Crippen LogP contribution in [-0.4, -0.2) is 35.1 Å². The van der Waals surface area contributed by atoms with E-state index in [1.807, 2.05) is 0 Å². The minimum Gasteiger partial charge on any atom is -0.487 e. The van der Waals surface area contributed by atoms with Crippen molar-refractivity contribution in [2.24, 2.45) is 0 Å². The van der Waals surface area contributed by atoms with Gasteiger partial charge >= 0.3 is 0 Å². The monoisotopic (exact) mass is 527 g/mol. The summed E-state index contributed by atoms with van der Waals surface area (Å²) in [5, 5.41) is 9.76. The summed E-state index contributed by atoms with van der Waals surface area (Å²) in [7, 11) is 0. The molecule has 11 heteroatoms. The summed E-state index contributed by atoms with van der Waals surface area (Å²) in [6.45, 7) is 3.20. The molecule has 2 aromatic heterocycles. The first-order valence-electron chi connectivity index (χ1n) is 11.8. The van der Waals surface area contributed by atoms with E-state index in [0.717, 1.165) is 48.9 Å². The number of piperidine rings is 1. The highest BCUT2D eigenvalue weighted by molar-refractivity contribution is 7.20. The second kappa shape index (κ2) is 10.7. The smallest absolute Gasteiger partial charge is 0.261 e. The molecule has 7 nitrogen and oxygen atoms in total. The zero-order valence-corrected chi connectivity index (χ0v) is 20.7. The number of carbonyl (C=O) groups excluding carboxylic acids is 1. The average molecular weight is 528 g/mol. The molecule has 0 spiro atoms. The van der Waals surface area contributed by atoms with E-state index in [1.165, 1.54) is 18.5 Å². The molecular formula is C26H24F3N5O2S. The molecule has 1 aliphatic rings. The van der Waals surface area contributed by atoms with Crippen molar-refractivity contribution in [1.29, 1.82) is 0 Å². The van der Waals surface area contributed by atoms with Crippen molar-refractivity contribution < 1.29 is 22.7 Å². The molecular weight excluding hydrogens is 503 g/mol. The first-order chi connectivity index (χ1) is 17.9. The molecule has 3 heterocycles. The first kappa shape index (κ1) is 25.0. The second-order valence-electron chi connectivity index (χ2n) is 8.73. The number of hydrogen-bond acceptors (Lipinski definition) is 7. The maximum absolute atomic E-state index is 14.1. The molecule has 1 aliphatic heterocycles. The van der Waals surface area contributed by atoms with Crippen molar-refractivity contribution in [1.82, 2.24) is 20.6 Å². The highest BCUT2D eigenvalue weighted by Crippen LogP contribution is 2.37. The van der Waals surface area contributed by atoms with E-state index >= 15 is 0 Å². The Hall–Kier alpha value is -3.70. The SMILES string of the molecule is Cc1c(C(=O)NCc2cc(F)ccc2F)sc2ncnc(Nc3ccc(F)cc3OC3CCCNC3)c12. The van der Waals surface area contributed by atoms with Gasteiger partial charge in [0.1, 0.15) is 46.3 Å². The fourth-order valence-electron chi connectivity index (χ4n) is 4.24. The van der Waals surface area contributed by atoms with Crippen LogP contribution >= 0.6 is 11.3 Å². The summed E-state index contributed by atoms with van der Waals surface area (Å²) in [4.78, 5) is 22.5. The normalized spacial score (nSPS) is 15.5. The number of anilines is 2. The van der Waals surface area contributed by atoms with Gasteiger partial charge in [-0.1, -0.05) is 0 Å². The Morgan fingerprint density at radius 2 is 1.97 bits per heavy atom. The summed E-state index contributed by atoms with van der Waals surface area (Å²) in [5.41, 5.74) is 1.21. The molecule has 0 bridgehead atoms. The maximum atomic E-state index is 14.1. The number of aromatic nitrogens is 2. The summed E-state index contributed by atoms with van der Waals surface area (Å²) < 4.78 is 47.6. The zero-order chi connectivity index (χ0) is 25.9. The number of benzene rings is 2. The zero-order valence-electron chi connectivity index (χ0n) is 19.9. The lowest BCUT2D eigenvalue weighted by Gasteiger charge is -2.25. The van der Waals surface area contributed by atoms with Crippen LogP contribution in [0.3, 0.4) is 0 Å².